The molecule has 3 heterocycles. The first kappa shape index (κ1) is 17.6. The number of morpholine rings is 1. The molecule has 1 spiro atoms. The predicted molar refractivity (Wildman–Crippen MR) is 95.3 cm³/mol. The number of nitrogens with zero attached hydrogens (tertiary/aromatic N) is 3. The van der Waals surface area contributed by atoms with Gasteiger partial charge in [0.1, 0.15) is 0 Å². The molecule has 0 aromatic carbocycles. The number of hydrogen-bond donors (Lipinski definition) is 1. The molecule has 1 aromatic heterocycles. The van der Waals surface area contributed by atoms with Gasteiger partial charge in [-0.15, -0.1) is 11.3 Å². The number of likely N-dealkylation sites (tertiary alicyclic amines) is 1. The minimum Gasteiger partial charge on any atom is -0.370 e. The van der Waals surface area contributed by atoms with Crippen molar-refractivity contribution in [1.82, 2.24) is 20.1 Å². The molecule has 0 radical (unpaired) electrons. The van der Waals surface area contributed by atoms with E-state index >= 15 is 0 Å². The van der Waals surface area contributed by atoms with Crippen molar-refractivity contribution in [3.8, 4) is 0 Å². The van der Waals surface area contributed by atoms with Gasteiger partial charge in [0.05, 0.1) is 29.5 Å². The Morgan fingerprint density at radius 2 is 2.29 bits per heavy atom. The Balaban J connectivity index is 1.62. The summed E-state index contributed by atoms with van der Waals surface area (Å²) in [5.74, 6) is 0. The van der Waals surface area contributed by atoms with Gasteiger partial charge in [-0.05, 0) is 40.2 Å². The summed E-state index contributed by atoms with van der Waals surface area (Å²) in [7, 11) is 0. The normalized spacial score (nSPS) is 25.4. The Morgan fingerprint density at radius 3 is 3.00 bits per heavy atom. The molecule has 6 nitrogen and oxygen atoms in total. The summed E-state index contributed by atoms with van der Waals surface area (Å²) < 4.78 is 6.18. The van der Waals surface area contributed by atoms with Gasteiger partial charge in [0, 0.05) is 31.1 Å². The second-order valence-electron chi connectivity index (χ2n) is 7.23. The average Bonchev–Trinajstić information content (AvgIpc) is 2.92. The highest BCUT2D eigenvalue weighted by molar-refractivity contribution is 7.09. The maximum Gasteiger partial charge on any atom is 0.317 e. The fourth-order valence-electron chi connectivity index (χ4n) is 3.64. The summed E-state index contributed by atoms with van der Waals surface area (Å²) in [5, 5.41) is 6.25. The lowest BCUT2D eigenvalue weighted by Crippen LogP contribution is -2.62. The molecular formula is C17H28N4O2S. The maximum absolute atomic E-state index is 12.3. The zero-order chi connectivity index (χ0) is 17.2. The van der Waals surface area contributed by atoms with E-state index in [0.717, 1.165) is 43.2 Å². The van der Waals surface area contributed by atoms with Crippen LogP contribution < -0.4 is 5.32 Å². The van der Waals surface area contributed by atoms with Gasteiger partial charge in [-0.1, -0.05) is 0 Å². The van der Waals surface area contributed by atoms with Crippen LogP contribution in [0, 0.1) is 6.92 Å². The first-order chi connectivity index (χ1) is 11.5. The van der Waals surface area contributed by atoms with Crippen molar-refractivity contribution in [2.45, 2.75) is 51.8 Å². The monoisotopic (exact) mass is 352 g/mol. The molecule has 3 rings (SSSR count). The van der Waals surface area contributed by atoms with Gasteiger partial charge >= 0.3 is 6.03 Å². The molecule has 1 atom stereocenters. The van der Waals surface area contributed by atoms with E-state index in [1.807, 2.05) is 25.7 Å². The number of thiazole rings is 1. The number of carbonyl (C=O) groups is 1. The first-order valence-corrected chi connectivity index (χ1v) is 9.66. The average molecular weight is 353 g/mol. The quantitative estimate of drug-likeness (QED) is 0.906. The van der Waals surface area contributed by atoms with E-state index in [4.69, 9.17) is 4.74 Å². The molecule has 7 heteroatoms. The predicted octanol–water partition coefficient (Wildman–Crippen LogP) is 2.24. The lowest BCUT2D eigenvalue weighted by Gasteiger charge is -2.48. The molecule has 134 valence electrons. The number of urea groups is 1. The molecular weight excluding hydrogens is 324 g/mol. The minimum atomic E-state index is -0.226. The standard InChI is InChI=1S/C17H28N4O2S/c1-13(2)18-16(22)21-7-8-23-17(12-21)5-4-6-20(11-17)9-15-10-24-14(3)19-15/h10,13H,4-9,11-12H2,1-3H3,(H,18,22). The van der Waals surface area contributed by atoms with E-state index in [2.05, 4.69) is 20.6 Å². The van der Waals surface area contributed by atoms with Crippen LogP contribution in [0.1, 0.15) is 37.4 Å². The van der Waals surface area contributed by atoms with E-state index in [1.54, 1.807) is 11.3 Å². The molecule has 0 saturated carbocycles. The first-order valence-electron chi connectivity index (χ1n) is 8.78. The highest BCUT2D eigenvalue weighted by Gasteiger charge is 2.41. The fraction of sp³-hybridized carbons (Fsp3) is 0.765. The van der Waals surface area contributed by atoms with E-state index in [1.165, 1.54) is 0 Å². The molecule has 24 heavy (non-hydrogen) atoms. The summed E-state index contributed by atoms with van der Waals surface area (Å²) in [6.07, 6.45) is 2.12. The van der Waals surface area contributed by atoms with Crippen molar-refractivity contribution in [2.75, 3.05) is 32.8 Å². The van der Waals surface area contributed by atoms with Crippen molar-refractivity contribution >= 4 is 17.4 Å². The van der Waals surface area contributed by atoms with E-state index < -0.39 is 0 Å². The topological polar surface area (TPSA) is 57.7 Å². The third-order valence-corrected chi connectivity index (χ3v) is 5.44. The highest BCUT2D eigenvalue weighted by Crippen LogP contribution is 2.30. The van der Waals surface area contributed by atoms with Crippen LogP contribution in [0.3, 0.4) is 0 Å². The largest absolute Gasteiger partial charge is 0.370 e. The van der Waals surface area contributed by atoms with Crippen LogP contribution in [0.25, 0.3) is 0 Å². The number of aryl methyl sites for hydroxylation is 1. The van der Waals surface area contributed by atoms with Gasteiger partial charge in [-0.2, -0.15) is 0 Å². The van der Waals surface area contributed by atoms with Gasteiger partial charge in [0.15, 0.2) is 0 Å². The number of amides is 2. The SMILES string of the molecule is Cc1nc(CN2CCCC3(C2)CN(C(=O)NC(C)C)CCO3)cs1. The van der Waals surface area contributed by atoms with Crippen LogP contribution in [-0.2, 0) is 11.3 Å². The number of ether oxygens (including phenoxy) is 1. The second kappa shape index (κ2) is 7.37. The van der Waals surface area contributed by atoms with Crippen LogP contribution in [0.4, 0.5) is 4.79 Å². The summed E-state index contributed by atoms with van der Waals surface area (Å²) in [4.78, 5) is 21.3. The fourth-order valence-corrected chi connectivity index (χ4v) is 4.24. The molecule has 0 bridgehead atoms. The van der Waals surface area contributed by atoms with Gasteiger partial charge < -0.3 is 15.0 Å². The van der Waals surface area contributed by atoms with E-state index in [0.29, 0.717) is 19.7 Å². The molecule has 1 unspecified atom stereocenters. The van der Waals surface area contributed by atoms with Crippen LogP contribution >= 0.6 is 11.3 Å². The molecule has 1 N–H and O–H groups in total. The number of nitrogens with one attached hydrogen (secondary N) is 1. The summed E-state index contributed by atoms with van der Waals surface area (Å²) in [6.45, 7) is 10.8. The number of carbonyl (C=O) groups excluding carboxylic acids is 1. The Bertz CT molecular complexity index is 573. The van der Waals surface area contributed by atoms with Crippen molar-refractivity contribution in [2.24, 2.45) is 0 Å². The number of hydrogen-bond acceptors (Lipinski definition) is 5. The molecule has 2 amide bonds. The summed E-state index contributed by atoms with van der Waals surface area (Å²) in [5.41, 5.74) is 0.912. The minimum absolute atomic E-state index is 0.0277. The number of piperidine rings is 1. The van der Waals surface area contributed by atoms with Gasteiger partial charge in [0.2, 0.25) is 0 Å². The van der Waals surface area contributed by atoms with Gasteiger partial charge in [-0.25, -0.2) is 9.78 Å². The van der Waals surface area contributed by atoms with Crippen molar-refractivity contribution < 1.29 is 9.53 Å². The summed E-state index contributed by atoms with van der Waals surface area (Å²) >= 11 is 1.70. The second-order valence-corrected chi connectivity index (χ2v) is 8.29. The zero-order valence-electron chi connectivity index (χ0n) is 14.9. The van der Waals surface area contributed by atoms with E-state index in [-0.39, 0.29) is 17.7 Å². The molecule has 1 aromatic rings. The number of rotatable bonds is 3. The molecule has 0 aliphatic carbocycles. The highest BCUT2D eigenvalue weighted by atomic mass is 32.1. The van der Waals surface area contributed by atoms with E-state index in [9.17, 15) is 4.79 Å². The Labute approximate surface area is 148 Å². The van der Waals surface area contributed by atoms with Crippen LogP contribution in [0.5, 0.6) is 0 Å². The Kier molecular flexibility index (Phi) is 5.42. The number of aromatic nitrogens is 1. The Morgan fingerprint density at radius 1 is 1.46 bits per heavy atom. The van der Waals surface area contributed by atoms with Crippen LogP contribution in [-0.4, -0.2) is 65.2 Å². The lowest BCUT2D eigenvalue weighted by atomic mass is 9.90. The summed E-state index contributed by atoms with van der Waals surface area (Å²) in [6, 6.07) is 0.187. The molecule has 2 saturated heterocycles. The molecule has 2 aliphatic heterocycles. The molecule has 2 fully saturated rings. The van der Waals surface area contributed by atoms with Gasteiger partial charge in [-0.3, -0.25) is 4.90 Å². The van der Waals surface area contributed by atoms with Crippen molar-refractivity contribution in [3.05, 3.63) is 16.1 Å². The zero-order valence-corrected chi connectivity index (χ0v) is 15.7. The van der Waals surface area contributed by atoms with Crippen LogP contribution in [0.2, 0.25) is 0 Å². The van der Waals surface area contributed by atoms with Gasteiger partial charge in [0.25, 0.3) is 0 Å². The third-order valence-electron chi connectivity index (χ3n) is 4.62. The Hall–Kier alpha value is -1.18. The lowest BCUT2D eigenvalue weighted by molar-refractivity contribution is -0.131. The maximum atomic E-state index is 12.3. The van der Waals surface area contributed by atoms with Crippen LogP contribution in [0.15, 0.2) is 5.38 Å². The molecule has 2 aliphatic rings. The smallest absolute Gasteiger partial charge is 0.317 e. The van der Waals surface area contributed by atoms with Crippen molar-refractivity contribution in [3.63, 3.8) is 0 Å². The van der Waals surface area contributed by atoms with Crippen molar-refractivity contribution in [1.29, 1.82) is 0 Å². The third kappa shape index (κ3) is 4.26.